The molecule has 8 aromatic carbocycles. The SMILES string of the molecule is c1ccc(-c2cc(-c3nc(-c4ccc(-c5ccc6oc7ccccc7c6c5)cc4)nc(-c4ccc5ccccc5c4)n3)c3c(c2)oc2ccccc23)cc1. The molecule has 3 heterocycles. The number of nitrogens with zero attached hydrogens (tertiary/aromatic N) is 3. The number of benzene rings is 8. The monoisotopic (exact) mass is 691 g/mol. The van der Waals surface area contributed by atoms with Gasteiger partial charge in [0, 0.05) is 38.2 Å². The van der Waals surface area contributed by atoms with Gasteiger partial charge in [-0.05, 0) is 75.5 Å². The summed E-state index contributed by atoms with van der Waals surface area (Å²) in [5.74, 6) is 1.78. The molecule has 0 saturated carbocycles. The van der Waals surface area contributed by atoms with Crippen LogP contribution in [-0.2, 0) is 0 Å². The molecule has 0 atom stereocenters. The maximum Gasteiger partial charge on any atom is 0.164 e. The molecule has 0 aliphatic heterocycles. The summed E-state index contributed by atoms with van der Waals surface area (Å²) in [5, 5.41) is 6.49. The van der Waals surface area contributed by atoms with Crippen molar-refractivity contribution < 1.29 is 8.83 Å². The van der Waals surface area contributed by atoms with Crippen LogP contribution in [0.2, 0.25) is 0 Å². The van der Waals surface area contributed by atoms with Crippen molar-refractivity contribution in [2.24, 2.45) is 0 Å². The van der Waals surface area contributed by atoms with E-state index in [0.717, 1.165) is 93.6 Å². The summed E-state index contributed by atoms with van der Waals surface area (Å²) < 4.78 is 12.6. The van der Waals surface area contributed by atoms with Crippen LogP contribution in [0.25, 0.3) is 111 Å². The smallest absolute Gasteiger partial charge is 0.164 e. The molecule has 3 aromatic heterocycles. The number of para-hydroxylation sites is 2. The Morgan fingerprint density at radius 2 is 0.870 bits per heavy atom. The molecule has 11 rings (SSSR count). The summed E-state index contributed by atoms with van der Waals surface area (Å²) in [5.41, 5.74) is 10.4. The molecule has 0 spiro atoms. The first kappa shape index (κ1) is 30.3. The second-order valence-corrected chi connectivity index (χ2v) is 13.6. The zero-order valence-corrected chi connectivity index (χ0v) is 28.9. The molecule has 5 nitrogen and oxygen atoms in total. The molecule has 0 fully saturated rings. The van der Waals surface area contributed by atoms with Crippen LogP contribution < -0.4 is 0 Å². The van der Waals surface area contributed by atoms with E-state index in [2.05, 4.69) is 133 Å². The van der Waals surface area contributed by atoms with Crippen LogP contribution in [0.4, 0.5) is 0 Å². The van der Waals surface area contributed by atoms with E-state index >= 15 is 0 Å². The van der Waals surface area contributed by atoms with Gasteiger partial charge >= 0.3 is 0 Å². The van der Waals surface area contributed by atoms with Gasteiger partial charge in [0.05, 0.1) is 0 Å². The standard InChI is InChI=1S/C49H29N3O2/c1-2-10-30(11-3-1)37-28-41(46-39-15-7-9-17-43(39)54-45(46)29-37)49-51-47(50-48(52-49)36-23-20-31-12-4-5-13-34(31)26-36)33-21-18-32(19-22-33)35-24-25-44-40(27-35)38-14-6-8-16-42(38)53-44/h1-29H. The number of hydrogen-bond donors (Lipinski definition) is 0. The van der Waals surface area contributed by atoms with Crippen molar-refractivity contribution in [3.63, 3.8) is 0 Å². The highest BCUT2D eigenvalue weighted by Gasteiger charge is 2.20. The Bertz CT molecular complexity index is 3210. The highest BCUT2D eigenvalue weighted by atomic mass is 16.3. The summed E-state index contributed by atoms with van der Waals surface area (Å²) in [6.45, 7) is 0. The quantitative estimate of drug-likeness (QED) is 0.180. The lowest BCUT2D eigenvalue weighted by molar-refractivity contribution is 0.668. The lowest BCUT2D eigenvalue weighted by Gasteiger charge is -2.12. The van der Waals surface area contributed by atoms with Crippen LogP contribution in [0.1, 0.15) is 0 Å². The first-order valence-corrected chi connectivity index (χ1v) is 18.0. The minimum atomic E-state index is 0.582. The summed E-state index contributed by atoms with van der Waals surface area (Å²) in [6.07, 6.45) is 0. The molecule has 0 amide bonds. The average Bonchev–Trinajstić information content (AvgIpc) is 3.81. The van der Waals surface area contributed by atoms with Crippen molar-refractivity contribution in [1.82, 2.24) is 15.0 Å². The van der Waals surface area contributed by atoms with Crippen molar-refractivity contribution in [3.8, 4) is 56.4 Å². The lowest BCUT2D eigenvalue weighted by atomic mass is 9.98. The fourth-order valence-corrected chi connectivity index (χ4v) is 7.63. The van der Waals surface area contributed by atoms with Crippen LogP contribution in [-0.4, -0.2) is 15.0 Å². The number of hydrogen-bond acceptors (Lipinski definition) is 5. The van der Waals surface area contributed by atoms with Crippen LogP contribution in [0, 0.1) is 0 Å². The average molecular weight is 692 g/mol. The van der Waals surface area contributed by atoms with Crippen molar-refractivity contribution >= 4 is 54.6 Å². The largest absolute Gasteiger partial charge is 0.456 e. The van der Waals surface area contributed by atoms with E-state index < -0.39 is 0 Å². The fraction of sp³-hybridized carbons (Fsp3) is 0. The Kier molecular flexibility index (Phi) is 6.79. The Hall–Kier alpha value is -7.37. The third kappa shape index (κ3) is 5.06. The van der Waals surface area contributed by atoms with Crippen LogP contribution in [0.3, 0.4) is 0 Å². The summed E-state index contributed by atoms with van der Waals surface area (Å²) >= 11 is 0. The number of fused-ring (bicyclic) bond motifs is 7. The second kappa shape index (κ2) is 12.1. The maximum absolute atomic E-state index is 6.48. The molecule has 0 aliphatic carbocycles. The molecule has 0 radical (unpaired) electrons. The van der Waals surface area contributed by atoms with E-state index in [1.807, 2.05) is 42.5 Å². The zero-order valence-electron chi connectivity index (χ0n) is 28.9. The van der Waals surface area contributed by atoms with Crippen LogP contribution >= 0.6 is 0 Å². The highest BCUT2D eigenvalue weighted by Crippen LogP contribution is 2.40. The van der Waals surface area contributed by atoms with Crippen LogP contribution in [0.15, 0.2) is 185 Å². The molecule has 11 aromatic rings. The lowest BCUT2D eigenvalue weighted by Crippen LogP contribution is -2.01. The molecule has 252 valence electrons. The minimum Gasteiger partial charge on any atom is -0.456 e. The van der Waals surface area contributed by atoms with Crippen molar-refractivity contribution in [3.05, 3.63) is 176 Å². The van der Waals surface area contributed by atoms with E-state index in [1.54, 1.807) is 0 Å². The van der Waals surface area contributed by atoms with Gasteiger partial charge in [-0.25, -0.2) is 15.0 Å². The van der Waals surface area contributed by atoms with Gasteiger partial charge < -0.3 is 8.83 Å². The molecule has 0 unspecified atom stereocenters. The minimum absolute atomic E-state index is 0.582. The first-order valence-electron chi connectivity index (χ1n) is 18.0. The van der Waals surface area contributed by atoms with Gasteiger partial charge in [-0.15, -0.1) is 0 Å². The van der Waals surface area contributed by atoms with Gasteiger partial charge in [0.1, 0.15) is 22.3 Å². The third-order valence-electron chi connectivity index (χ3n) is 10.3. The number of rotatable bonds is 5. The van der Waals surface area contributed by atoms with Crippen molar-refractivity contribution in [2.45, 2.75) is 0 Å². The normalized spacial score (nSPS) is 11.7. The third-order valence-corrected chi connectivity index (χ3v) is 10.3. The van der Waals surface area contributed by atoms with E-state index in [0.29, 0.717) is 17.5 Å². The van der Waals surface area contributed by atoms with E-state index in [9.17, 15) is 0 Å². The predicted octanol–water partition coefficient (Wildman–Crippen LogP) is 13.2. The Balaban J connectivity index is 1.10. The molecule has 0 N–H and O–H groups in total. The van der Waals surface area contributed by atoms with Gasteiger partial charge in [-0.1, -0.05) is 133 Å². The molecule has 0 aliphatic rings. The molecular formula is C49H29N3O2. The van der Waals surface area contributed by atoms with Gasteiger partial charge in [-0.3, -0.25) is 0 Å². The molecule has 0 saturated heterocycles. The van der Waals surface area contributed by atoms with E-state index in [-0.39, 0.29) is 0 Å². The summed E-state index contributed by atoms with van der Waals surface area (Å²) in [4.78, 5) is 15.6. The van der Waals surface area contributed by atoms with Crippen LogP contribution in [0.5, 0.6) is 0 Å². The molecular weight excluding hydrogens is 663 g/mol. The second-order valence-electron chi connectivity index (χ2n) is 13.6. The molecule has 54 heavy (non-hydrogen) atoms. The summed E-state index contributed by atoms with van der Waals surface area (Å²) in [6, 6.07) is 60.5. The Morgan fingerprint density at radius 1 is 0.296 bits per heavy atom. The van der Waals surface area contributed by atoms with Gasteiger partial charge in [0.15, 0.2) is 17.5 Å². The predicted molar refractivity (Wildman–Crippen MR) is 219 cm³/mol. The summed E-state index contributed by atoms with van der Waals surface area (Å²) in [7, 11) is 0. The van der Waals surface area contributed by atoms with Gasteiger partial charge in [0.25, 0.3) is 0 Å². The number of aromatic nitrogens is 3. The molecule has 5 heteroatoms. The van der Waals surface area contributed by atoms with Crippen molar-refractivity contribution in [2.75, 3.05) is 0 Å². The number of furan rings is 2. The van der Waals surface area contributed by atoms with Crippen molar-refractivity contribution in [1.29, 1.82) is 0 Å². The van der Waals surface area contributed by atoms with E-state index in [1.165, 1.54) is 0 Å². The molecule has 0 bridgehead atoms. The highest BCUT2D eigenvalue weighted by molar-refractivity contribution is 6.13. The van der Waals surface area contributed by atoms with Gasteiger partial charge in [-0.2, -0.15) is 0 Å². The zero-order chi connectivity index (χ0) is 35.6. The Morgan fingerprint density at radius 3 is 1.70 bits per heavy atom. The van der Waals surface area contributed by atoms with Gasteiger partial charge in [0.2, 0.25) is 0 Å². The maximum atomic E-state index is 6.48. The first-order chi connectivity index (χ1) is 26.7. The fourth-order valence-electron chi connectivity index (χ4n) is 7.63. The van der Waals surface area contributed by atoms with E-state index in [4.69, 9.17) is 23.8 Å². The Labute approximate surface area is 309 Å². The topological polar surface area (TPSA) is 65.0 Å².